The fourth-order valence-corrected chi connectivity index (χ4v) is 3.85. The van der Waals surface area contributed by atoms with Gasteiger partial charge in [-0.2, -0.15) is 0 Å². The van der Waals surface area contributed by atoms with Crippen molar-refractivity contribution < 1.29 is 14.0 Å². The predicted molar refractivity (Wildman–Crippen MR) is 96.2 cm³/mol. The topological polar surface area (TPSA) is 52.7 Å². The summed E-state index contributed by atoms with van der Waals surface area (Å²) >= 11 is 6.11. The maximum absolute atomic E-state index is 14.1. The average molecular weight is 380 g/mol. The summed E-state index contributed by atoms with van der Waals surface area (Å²) in [5.41, 5.74) is 0.354. The Hall–Kier alpha value is -1.82. The third-order valence-corrected chi connectivity index (χ3v) is 5.76. The Morgan fingerprint density at radius 2 is 2.08 bits per heavy atom. The molecule has 3 amide bonds. The quantitative estimate of drug-likeness (QED) is 0.825. The second-order valence-corrected chi connectivity index (χ2v) is 8.00. The number of hydrogen-bond acceptors (Lipinski definition) is 2. The van der Waals surface area contributed by atoms with Gasteiger partial charge in [0.15, 0.2) is 0 Å². The normalized spacial score (nSPS) is 22.6. The molecule has 0 aromatic heterocycles. The number of halogens is 2. The lowest BCUT2D eigenvalue weighted by atomic mass is 10.1. The largest absolute Gasteiger partial charge is 0.339 e. The highest BCUT2D eigenvalue weighted by Crippen LogP contribution is 2.33. The monoisotopic (exact) mass is 379 g/mol. The van der Waals surface area contributed by atoms with E-state index in [4.69, 9.17) is 11.6 Å². The Morgan fingerprint density at radius 3 is 2.73 bits per heavy atom. The van der Waals surface area contributed by atoms with Gasteiger partial charge < -0.3 is 15.1 Å². The molecule has 2 saturated carbocycles. The number of amides is 3. The van der Waals surface area contributed by atoms with Crippen LogP contribution < -0.4 is 5.32 Å². The van der Waals surface area contributed by atoms with Gasteiger partial charge in [0.2, 0.25) is 5.91 Å². The first-order valence-electron chi connectivity index (χ1n) is 9.29. The lowest BCUT2D eigenvalue weighted by molar-refractivity contribution is -0.128. The molecule has 5 nitrogen and oxygen atoms in total. The number of hydrogen-bond donors (Lipinski definition) is 1. The van der Waals surface area contributed by atoms with Crippen LogP contribution in [0.1, 0.15) is 37.7 Å². The zero-order valence-electron chi connectivity index (χ0n) is 14.6. The zero-order valence-corrected chi connectivity index (χ0v) is 15.3. The first-order chi connectivity index (χ1) is 12.5. The summed E-state index contributed by atoms with van der Waals surface area (Å²) in [6.45, 7) is 1.37. The van der Waals surface area contributed by atoms with E-state index in [1.54, 1.807) is 17.0 Å². The van der Waals surface area contributed by atoms with E-state index in [1.165, 1.54) is 6.07 Å². The van der Waals surface area contributed by atoms with E-state index < -0.39 is 5.82 Å². The third-order valence-electron chi connectivity index (χ3n) is 5.41. The molecule has 3 fully saturated rings. The molecule has 1 N–H and O–H groups in total. The van der Waals surface area contributed by atoms with Crippen molar-refractivity contribution in [2.45, 2.75) is 50.7 Å². The molecule has 0 bridgehead atoms. The van der Waals surface area contributed by atoms with Gasteiger partial charge in [-0.3, -0.25) is 4.79 Å². The number of likely N-dealkylation sites (tertiary alicyclic amines) is 1. The molecule has 2 aliphatic carbocycles. The minimum atomic E-state index is -0.391. The highest BCUT2D eigenvalue weighted by molar-refractivity contribution is 6.31. The van der Waals surface area contributed by atoms with Crippen LogP contribution in [-0.4, -0.2) is 46.9 Å². The fraction of sp³-hybridized carbons (Fsp3) is 0.579. The molecule has 1 aliphatic heterocycles. The second kappa shape index (κ2) is 7.06. The highest BCUT2D eigenvalue weighted by atomic mass is 35.5. The minimum Gasteiger partial charge on any atom is -0.339 e. The van der Waals surface area contributed by atoms with E-state index in [1.807, 2.05) is 4.90 Å². The lowest BCUT2D eigenvalue weighted by Gasteiger charge is -2.24. The molecule has 26 heavy (non-hydrogen) atoms. The van der Waals surface area contributed by atoms with Gasteiger partial charge >= 0.3 is 6.03 Å². The van der Waals surface area contributed by atoms with Gasteiger partial charge in [-0.1, -0.05) is 17.7 Å². The van der Waals surface area contributed by atoms with E-state index in [-0.39, 0.29) is 30.4 Å². The van der Waals surface area contributed by atoms with Gasteiger partial charge in [-0.15, -0.1) is 0 Å². The van der Waals surface area contributed by atoms with E-state index >= 15 is 0 Å². The number of benzene rings is 1. The molecule has 7 heteroatoms. The predicted octanol–water partition coefficient (Wildman–Crippen LogP) is 3.16. The Kier molecular flexibility index (Phi) is 4.78. The molecule has 1 atom stereocenters. The van der Waals surface area contributed by atoms with Gasteiger partial charge in [0, 0.05) is 48.1 Å². The Labute approximate surface area is 157 Å². The molecule has 1 aromatic rings. The van der Waals surface area contributed by atoms with Crippen LogP contribution in [-0.2, 0) is 11.3 Å². The third kappa shape index (κ3) is 3.80. The van der Waals surface area contributed by atoms with Crippen LogP contribution in [0.3, 0.4) is 0 Å². The SMILES string of the molecule is O=C1C[C@H](CNC(=O)N(Cc2c(F)cccc2Cl)C2CC2)CN1C1CC1. The van der Waals surface area contributed by atoms with Gasteiger partial charge in [0.05, 0.1) is 6.54 Å². The molecule has 0 radical (unpaired) electrons. The Balaban J connectivity index is 1.35. The molecule has 3 aliphatic rings. The molecule has 4 rings (SSSR count). The van der Waals surface area contributed by atoms with Crippen LogP contribution in [0.5, 0.6) is 0 Å². The van der Waals surface area contributed by atoms with E-state index in [2.05, 4.69) is 5.32 Å². The molecule has 1 aromatic carbocycles. The van der Waals surface area contributed by atoms with Crippen molar-refractivity contribution in [2.75, 3.05) is 13.1 Å². The lowest BCUT2D eigenvalue weighted by Crippen LogP contribution is -2.43. The molecule has 140 valence electrons. The number of nitrogens with zero attached hydrogens (tertiary/aromatic N) is 2. The van der Waals surface area contributed by atoms with Gasteiger partial charge in [-0.05, 0) is 37.8 Å². The number of nitrogens with one attached hydrogen (secondary N) is 1. The summed E-state index contributed by atoms with van der Waals surface area (Å²) in [5, 5.41) is 3.29. The average Bonchev–Trinajstić information content (AvgIpc) is 3.51. The number of urea groups is 1. The summed E-state index contributed by atoms with van der Waals surface area (Å²) < 4.78 is 14.1. The maximum atomic E-state index is 14.1. The van der Waals surface area contributed by atoms with Crippen molar-refractivity contribution in [3.8, 4) is 0 Å². The van der Waals surface area contributed by atoms with Crippen LogP contribution in [0, 0.1) is 11.7 Å². The van der Waals surface area contributed by atoms with Crippen molar-refractivity contribution in [1.29, 1.82) is 0 Å². The number of rotatable bonds is 6. The summed E-state index contributed by atoms with van der Waals surface area (Å²) in [4.78, 5) is 28.3. The first kappa shape index (κ1) is 17.6. The van der Waals surface area contributed by atoms with Crippen molar-refractivity contribution in [2.24, 2.45) is 5.92 Å². The van der Waals surface area contributed by atoms with E-state index in [9.17, 15) is 14.0 Å². The fourth-order valence-electron chi connectivity index (χ4n) is 3.62. The first-order valence-corrected chi connectivity index (χ1v) is 9.67. The summed E-state index contributed by atoms with van der Waals surface area (Å²) in [6.07, 6.45) is 4.56. The summed E-state index contributed by atoms with van der Waals surface area (Å²) in [6, 6.07) is 4.92. The van der Waals surface area contributed by atoms with Gasteiger partial charge in [0.1, 0.15) is 5.82 Å². The summed E-state index contributed by atoms with van der Waals surface area (Å²) in [5.74, 6) is -0.0356. The van der Waals surface area contributed by atoms with Crippen LogP contribution >= 0.6 is 11.6 Å². The van der Waals surface area contributed by atoms with Crippen LogP contribution in [0.2, 0.25) is 5.02 Å². The maximum Gasteiger partial charge on any atom is 0.317 e. The van der Waals surface area contributed by atoms with E-state index in [0.717, 1.165) is 32.2 Å². The second-order valence-electron chi connectivity index (χ2n) is 7.59. The molecular formula is C19H23ClFN3O2. The minimum absolute atomic E-state index is 0.138. The molecule has 1 saturated heterocycles. The van der Waals surface area contributed by atoms with E-state index in [0.29, 0.717) is 29.6 Å². The molecular weight excluding hydrogens is 357 g/mol. The summed E-state index contributed by atoms with van der Waals surface area (Å²) in [7, 11) is 0. The van der Waals surface area contributed by atoms with Crippen LogP contribution in [0.25, 0.3) is 0 Å². The van der Waals surface area contributed by atoms with Gasteiger partial charge in [-0.25, -0.2) is 9.18 Å². The molecule has 0 spiro atoms. The Morgan fingerprint density at radius 1 is 1.31 bits per heavy atom. The molecule has 1 heterocycles. The Bertz CT molecular complexity index is 700. The zero-order chi connectivity index (χ0) is 18.3. The van der Waals surface area contributed by atoms with Crippen molar-refractivity contribution in [1.82, 2.24) is 15.1 Å². The highest BCUT2D eigenvalue weighted by Gasteiger charge is 2.40. The standard InChI is InChI=1S/C19H23ClFN3O2/c20-16-2-1-3-17(21)15(16)11-24(14-6-7-14)19(26)22-9-12-8-18(25)23(10-12)13-4-5-13/h1-3,12-14H,4-11H2,(H,22,26)/t12-/m1/s1. The number of carbonyl (C=O) groups excluding carboxylic acids is 2. The van der Waals surface area contributed by atoms with Crippen molar-refractivity contribution in [3.05, 3.63) is 34.6 Å². The van der Waals surface area contributed by atoms with Crippen molar-refractivity contribution >= 4 is 23.5 Å². The smallest absolute Gasteiger partial charge is 0.317 e. The number of carbonyl (C=O) groups is 2. The molecule has 0 unspecified atom stereocenters. The van der Waals surface area contributed by atoms with Gasteiger partial charge in [0.25, 0.3) is 0 Å². The van der Waals surface area contributed by atoms with Crippen molar-refractivity contribution in [3.63, 3.8) is 0 Å². The van der Waals surface area contributed by atoms with Crippen LogP contribution in [0.15, 0.2) is 18.2 Å². The van der Waals surface area contributed by atoms with Crippen LogP contribution in [0.4, 0.5) is 9.18 Å².